The summed E-state index contributed by atoms with van der Waals surface area (Å²) in [6.45, 7) is 7.89. The van der Waals surface area contributed by atoms with Crippen LogP contribution in [0.2, 0.25) is 0 Å². The van der Waals surface area contributed by atoms with E-state index in [9.17, 15) is 4.39 Å². The Labute approximate surface area is 173 Å². The second kappa shape index (κ2) is 10.1. The number of anilines is 1. The van der Waals surface area contributed by atoms with E-state index in [2.05, 4.69) is 26.6 Å². The van der Waals surface area contributed by atoms with Gasteiger partial charge < -0.3 is 20.3 Å². The molecule has 1 fully saturated rings. The molecular weight excluding hydrogens is 367 g/mol. The number of aliphatic imine (C=N–C) groups is 1. The molecule has 1 heterocycles. The topological polar surface area (TPSA) is 48.9 Å². The number of rotatable bonds is 7. The molecule has 0 aromatic heterocycles. The molecule has 29 heavy (non-hydrogen) atoms. The van der Waals surface area contributed by atoms with E-state index in [1.807, 2.05) is 31.2 Å². The lowest BCUT2D eigenvalue weighted by Gasteiger charge is -2.21. The lowest BCUT2D eigenvalue weighted by atomic mass is 10.1. The van der Waals surface area contributed by atoms with Crippen LogP contribution in [-0.2, 0) is 6.54 Å². The third-order valence-electron chi connectivity index (χ3n) is 5.27. The van der Waals surface area contributed by atoms with E-state index in [-0.39, 0.29) is 5.82 Å². The van der Waals surface area contributed by atoms with Crippen LogP contribution in [0.15, 0.2) is 47.5 Å². The van der Waals surface area contributed by atoms with Crippen LogP contribution in [0.1, 0.15) is 24.5 Å². The van der Waals surface area contributed by atoms with Gasteiger partial charge in [-0.3, -0.25) is 0 Å². The Hall–Kier alpha value is -2.76. The first-order valence-corrected chi connectivity index (χ1v) is 10.3. The van der Waals surface area contributed by atoms with Crippen molar-refractivity contribution in [1.82, 2.24) is 10.6 Å². The highest BCUT2D eigenvalue weighted by Crippen LogP contribution is 2.31. The van der Waals surface area contributed by atoms with Gasteiger partial charge in [-0.25, -0.2) is 9.38 Å². The summed E-state index contributed by atoms with van der Waals surface area (Å²) in [5, 5.41) is 6.72. The summed E-state index contributed by atoms with van der Waals surface area (Å²) in [6.07, 6.45) is 1.12. The lowest BCUT2D eigenvalue weighted by Crippen LogP contribution is -2.40. The van der Waals surface area contributed by atoms with E-state index in [0.29, 0.717) is 18.0 Å². The van der Waals surface area contributed by atoms with Crippen LogP contribution < -0.4 is 20.3 Å². The standard InChI is InChI=1S/C23H31FN4O/c1-4-25-23(26-14-18-10-9-17(2)20(24)13-18)27-15-19-11-12-28(16-19)21-7-5-6-8-22(21)29-3/h5-10,13,19H,4,11-12,14-16H2,1-3H3,(H2,25,26,27). The first kappa shape index (κ1) is 21.0. The van der Waals surface area contributed by atoms with Crippen LogP contribution in [0, 0.1) is 18.7 Å². The number of nitrogens with one attached hydrogen (secondary N) is 2. The smallest absolute Gasteiger partial charge is 0.191 e. The molecule has 0 spiro atoms. The molecule has 1 aliphatic heterocycles. The summed E-state index contributed by atoms with van der Waals surface area (Å²) in [6, 6.07) is 13.4. The molecule has 1 unspecified atom stereocenters. The summed E-state index contributed by atoms with van der Waals surface area (Å²) in [4.78, 5) is 6.99. The van der Waals surface area contributed by atoms with Crippen LogP contribution >= 0.6 is 0 Å². The van der Waals surface area contributed by atoms with Crippen molar-refractivity contribution in [2.75, 3.05) is 38.2 Å². The minimum atomic E-state index is -0.182. The average molecular weight is 399 g/mol. The van der Waals surface area contributed by atoms with Gasteiger partial charge in [-0.05, 0) is 55.5 Å². The van der Waals surface area contributed by atoms with Gasteiger partial charge in [0.2, 0.25) is 0 Å². The highest BCUT2D eigenvalue weighted by Gasteiger charge is 2.24. The SMILES string of the molecule is CCNC(=NCc1ccc(C)c(F)c1)NCC1CCN(c2ccccc2OC)C1. The number of aryl methyl sites for hydroxylation is 1. The van der Waals surface area contributed by atoms with E-state index in [1.54, 1.807) is 26.2 Å². The third-order valence-corrected chi connectivity index (χ3v) is 5.27. The number of hydrogen-bond donors (Lipinski definition) is 2. The van der Waals surface area contributed by atoms with Crippen molar-refractivity contribution < 1.29 is 9.13 Å². The van der Waals surface area contributed by atoms with Crippen molar-refractivity contribution in [3.63, 3.8) is 0 Å². The molecule has 0 saturated carbocycles. The molecule has 156 valence electrons. The van der Waals surface area contributed by atoms with Crippen LogP contribution in [0.5, 0.6) is 5.75 Å². The van der Waals surface area contributed by atoms with Crippen LogP contribution in [0.25, 0.3) is 0 Å². The second-order valence-corrected chi connectivity index (χ2v) is 7.43. The van der Waals surface area contributed by atoms with Crippen LogP contribution in [-0.4, -0.2) is 39.2 Å². The van der Waals surface area contributed by atoms with E-state index in [0.717, 1.165) is 55.6 Å². The quantitative estimate of drug-likeness (QED) is 0.551. The number of halogens is 1. The zero-order chi connectivity index (χ0) is 20.6. The Bertz CT molecular complexity index is 839. The van der Waals surface area contributed by atoms with Gasteiger partial charge in [0.05, 0.1) is 19.3 Å². The Morgan fingerprint density at radius 3 is 2.83 bits per heavy atom. The Kier molecular flexibility index (Phi) is 7.33. The van der Waals surface area contributed by atoms with Crippen molar-refractivity contribution in [3.8, 4) is 5.75 Å². The number of ether oxygens (including phenoxy) is 1. The van der Waals surface area contributed by atoms with Crippen molar-refractivity contribution in [3.05, 3.63) is 59.4 Å². The minimum absolute atomic E-state index is 0.182. The average Bonchev–Trinajstić information content (AvgIpc) is 3.21. The van der Waals surface area contributed by atoms with Gasteiger partial charge in [-0.2, -0.15) is 0 Å². The molecule has 1 aliphatic rings. The van der Waals surface area contributed by atoms with Crippen molar-refractivity contribution in [2.24, 2.45) is 10.9 Å². The number of methoxy groups -OCH3 is 1. The van der Waals surface area contributed by atoms with Gasteiger partial charge in [0.1, 0.15) is 11.6 Å². The maximum absolute atomic E-state index is 13.7. The van der Waals surface area contributed by atoms with Crippen LogP contribution in [0.4, 0.5) is 10.1 Å². The largest absolute Gasteiger partial charge is 0.495 e. The Morgan fingerprint density at radius 2 is 2.07 bits per heavy atom. The van der Waals surface area contributed by atoms with E-state index in [1.165, 1.54) is 0 Å². The Morgan fingerprint density at radius 1 is 1.24 bits per heavy atom. The molecule has 6 heteroatoms. The first-order valence-electron chi connectivity index (χ1n) is 10.3. The predicted molar refractivity (Wildman–Crippen MR) is 117 cm³/mol. The number of hydrogen-bond acceptors (Lipinski definition) is 3. The van der Waals surface area contributed by atoms with E-state index >= 15 is 0 Å². The van der Waals surface area contributed by atoms with Gasteiger partial charge in [0.25, 0.3) is 0 Å². The number of guanidine groups is 1. The number of benzene rings is 2. The van der Waals surface area contributed by atoms with Crippen LogP contribution in [0.3, 0.4) is 0 Å². The molecule has 2 aromatic carbocycles. The molecule has 2 aromatic rings. The molecule has 3 rings (SSSR count). The van der Waals surface area contributed by atoms with Gasteiger partial charge in [0, 0.05) is 26.2 Å². The third kappa shape index (κ3) is 5.62. The van der Waals surface area contributed by atoms with Crippen molar-refractivity contribution in [2.45, 2.75) is 26.8 Å². The first-order chi connectivity index (χ1) is 14.1. The summed E-state index contributed by atoms with van der Waals surface area (Å²) >= 11 is 0. The molecule has 0 radical (unpaired) electrons. The van der Waals surface area contributed by atoms with Crippen molar-refractivity contribution >= 4 is 11.6 Å². The van der Waals surface area contributed by atoms with Gasteiger partial charge in [0.15, 0.2) is 5.96 Å². The fraction of sp³-hybridized carbons (Fsp3) is 0.435. The summed E-state index contributed by atoms with van der Waals surface area (Å²) in [5.41, 5.74) is 2.68. The fourth-order valence-corrected chi connectivity index (χ4v) is 3.60. The number of nitrogens with zero attached hydrogens (tertiary/aromatic N) is 2. The highest BCUT2D eigenvalue weighted by atomic mass is 19.1. The molecule has 1 atom stereocenters. The fourth-order valence-electron chi connectivity index (χ4n) is 3.60. The minimum Gasteiger partial charge on any atom is -0.495 e. The molecule has 0 amide bonds. The van der Waals surface area contributed by atoms with Gasteiger partial charge in [-0.1, -0.05) is 24.3 Å². The summed E-state index contributed by atoms with van der Waals surface area (Å²) < 4.78 is 19.2. The number of para-hydroxylation sites is 2. The van der Waals surface area contributed by atoms with Gasteiger partial charge >= 0.3 is 0 Å². The Balaban J connectivity index is 1.55. The zero-order valence-corrected chi connectivity index (χ0v) is 17.5. The van der Waals surface area contributed by atoms with Gasteiger partial charge in [-0.15, -0.1) is 0 Å². The molecular formula is C23H31FN4O. The zero-order valence-electron chi connectivity index (χ0n) is 17.5. The second-order valence-electron chi connectivity index (χ2n) is 7.43. The monoisotopic (exact) mass is 398 g/mol. The van der Waals surface area contributed by atoms with Crippen molar-refractivity contribution in [1.29, 1.82) is 0 Å². The summed E-state index contributed by atoms with van der Waals surface area (Å²) in [7, 11) is 1.72. The highest BCUT2D eigenvalue weighted by molar-refractivity contribution is 5.79. The molecule has 0 aliphatic carbocycles. The summed E-state index contributed by atoms with van der Waals surface area (Å²) in [5.74, 6) is 2.03. The molecule has 1 saturated heterocycles. The maximum Gasteiger partial charge on any atom is 0.191 e. The van der Waals surface area contributed by atoms with E-state index in [4.69, 9.17) is 4.74 Å². The molecule has 2 N–H and O–H groups in total. The maximum atomic E-state index is 13.7. The normalized spacial score (nSPS) is 16.8. The lowest BCUT2D eigenvalue weighted by molar-refractivity contribution is 0.414. The molecule has 0 bridgehead atoms. The molecule has 5 nitrogen and oxygen atoms in total. The predicted octanol–water partition coefficient (Wildman–Crippen LogP) is 3.72. The van der Waals surface area contributed by atoms with E-state index < -0.39 is 0 Å².